The number of ether oxygens (including phenoxy) is 1. The maximum absolute atomic E-state index is 15.5. The van der Waals surface area contributed by atoms with Gasteiger partial charge in [-0.3, -0.25) is 4.79 Å². The minimum atomic E-state index is -1.04. The third-order valence-corrected chi connectivity index (χ3v) is 6.38. The predicted molar refractivity (Wildman–Crippen MR) is 124 cm³/mol. The fraction of sp³-hybridized carbons (Fsp3) is 0.375. The Morgan fingerprint density at radius 2 is 2.03 bits per heavy atom. The van der Waals surface area contributed by atoms with Crippen molar-refractivity contribution in [3.63, 3.8) is 0 Å². The van der Waals surface area contributed by atoms with Crippen molar-refractivity contribution in [1.29, 1.82) is 0 Å². The zero-order valence-corrected chi connectivity index (χ0v) is 19.1. The highest BCUT2D eigenvalue weighted by Gasteiger charge is 2.29. The van der Waals surface area contributed by atoms with Gasteiger partial charge in [0.15, 0.2) is 0 Å². The van der Waals surface area contributed by atoms with Crippen molar-refractivity contribution in [3.05, 3.63) is 53.4 Å². The summed E-state index contributed by atoms with van der Waals surface area (Å²) >= 11 is 0. The molecule has 2 aromatic heterocycles. The highest BCUT2D eigenvalue weighted by atomic mass is 19.1. The van der Waals surface area contributed by atoms with E-state index < -0.39 is 23.8 Å². The van der Waals surface area contributed by atoms with Crippen LogP contribution < -0.4 is 10.2 Å². The van der Waals surface area contributed by atoms with Crippen molar-refractivity contribution in [2.45, 2.75) is 19.4 Å². The number of amides is 2. The van der Waals surface area contributed by atoms with E-state index in [1.807, 2.05) is 19.1 Å². The monoisotopic (exact) mass is 485 g/mol. The molecule has 3 aromatic rings. The summed E-state index contributed by atoms with van der Waals surface area (Å²) in [6.07, 6.45) is 0.448. The molecule has 1 unspecified atom stereocenters. The Kier molecular flexibility index (Phi) is 6.12. The number of piperazine rings is 1. The molecule has 9 nitrogen and oxygen atoms in total. The first-order valence-corrected chi connectivity index (χ1v) is 11.4. The first-order chi connectivity index (χ1) is 16.8. The molecule has 184 valence electrons. The van der Waals surface area contributed by atoms with Crippen LogP contribution in [0.2, 0.25) is 0 Å². The first kappa shape index (κ1) is 23.2. The number of benzene rings is 1. The molecule has 5 rings (SSSR count). The van der Waals surface area contributed by atoms with Crippen LogP contribution in [-0.2, 0) is 16.0 Å². The highest BCUT2D eigenvalue weighted by Crippen LogP contribution is 2.34. The summed E-state index contributed by atoms with van der Waals surface area (Å²) in [5.74, 6) is -1.92. The lowest BCUT2D eigenvalue weighted by Gasteiger charge is -2.31. The molecule has 2 fully saturated rings. The predicted octanol–water partition coefficient (Wildman–Crippen LogP) is 2.45. The number of anilines is 1. The molecule has 4 heterocycles. The number of carbonyl (C=O) groups excluding carboxylic acids is 1. The lowest BCUT2D eigenvalue weighted by molar-refractivity contribution is -0.118. The highest BCUT2D eigenvalue weighted by molar-refractivity contribution is 5.95. The van der Waals surface area contributed by atoms with E-state index in [-0.39, 0.29) is 55.5 Å². The van der Waals surface area contributed by atoms with E-state index in [2.05, 4.69) is 10.3 Å². The van der Waals surface area contributed by atoms with Gasteiger partial charge < -0.3 is 29.4 Å². The number of nitrogens with zero attached hydrogens (tertiary/aromatic N) is 4. The van der Waals surface area contributed by atoms with Gasteiger partial charge in [-0.1, -0.05) is 0 Å². The van der Waals surface area contributed by atoms with Gasteiger partial charge in [0.05, 0.1) is 42.8 Å². The SMILES string of the molecule is Cc1ccn2c(CC3CN(C(=O)O)CCO3)c(-c3c(F)cc(N4CCNCC4=O)cc3F)nc2c1. The number of aryl methyl sites for hydroxylation is 1. The van der Waals surface area contributed by atoms with Crippen molar-refractivity contribution < 1.29 is 28.2 Å². The molecule has 2 N–H and O–H groups in total. The van der Waals surface area contributed by atoms with Gasteiger partial charge in [0.1, 0.15) is 17.3 Å². The van der Waals surface area contributed by atoms with Crippen LogP contribution in [0.4, 0.5) is 19.3 Å². The summed E-state index contributed by atoms with van der Waals surface area (Å²) in [6, 6.07) is 5.98. The molecule has 2 aliphatic heterocycles. The molecule has 0 spiro atoms. The van der Waals surface area contributed by atoms with Crippen LogP contribution in [0.1, 0.15) is 11.3 Å². The van der Waals surface area contributed by atoms with Crippen LogP contribution in [-0.4, -0.2) is 76.8 Å². The Balaban J connectivity index is 1.57. The van der Waals surface area contributed by atoms with E-state index in [1.54, 1.807) is 10.6 Å². The summed E-state index contributed by atoms with van der Waals surface area (Å²) < 4.78 is 38.4. The molecule has 0 saturated carbocycles. The summed E-state index contributed by atoms with van der Waals surface area (Å²) in [7, 11) is 0. The largest absolute Gasteiger partial charge is 0.465 e. The molecule has 35 heavy (non-hydrogen) atoms. The van der Waals surface area contributed by atoms with Gasteiger partial charge in [-0.25, -0.2) is 18.6 Å². The molecule has 0 radical (unpaired) electrons. The molecule has 11 heteroatoms. The normalized spacial score (nSPS) is 18.9. The maximum atomic E-state index is 15.5. The fourth-order valence-corrected chi connectivity index (χ4v) is 4.65. The van der Waals surface area contributed by atoms with E-state index >= 15 is 8.78 Å². The maximum Gasteiger partial charge on any atom is 0.407 e. The van der Waals surface area contributed by atoms with Crippen LogP contribution in [0.15, 0.2) is 30.5 Å². The van der Waals surface area contributed by atoms with Crippen molar-refractivity contribution in [2.75, 3.05) is 44.2 Å². The Morgan fingerprint density at radius 1 is 1.26 bits per heavy atom. The van der Waals surface area contributed by atoms with Crippen LogP contribution in [0.3, 0.4) is 0 Å². The number of halogens is 2. The summed E-state index contributed by atoms with van der Waals surface area (Å²) in [4.78, 5) is 30.8. The van der Waals surface area contributed by atoms with Gasteiger partial charge in [0.25, 0.3) is 0 Å². The van der Waals surface area contributed by atoms with Gasteiger partial charge in [-0.2, -0.15) is 0 Å². The summed E-state index contributed by atoms with van der Waals surface area (Å²) in [5.41, 5.74) is 1.95. The van der Waals surface area contributed by atoms with Crippen molar-refractivity contribution in [1.82, 2.24) is 19.6 Å². The topological polar surface area (TPSA) is 99.4 Å². The van der Waals surface area contributed by atoms with Gasteiger partial charge in [-0.15, -0.1) is 0 Å². The Hall–Kier alpha value is -3.57. The first-order valence-electron chi connectivity index (χ1n) is 11.4. The number of carboxylic acid groups (broad SMARTS) is 1. The zero-order chi connectivity index (χ0) is 24.7. The summed E-state index contributed by atoms with van der Waals surface area (Å²) in [6.45, 7) is 3.48. The molecular weight excluding hydrogens is 460 g/mol. The van der Waals surface area contributed by atoms with E-state index in [9.17, 15) is 14.7 Å². The number of rotatable bonds is 4. The molecule has 2 aliphatic rings. The van der Waals surface area contributed by atoms with E-state index in [0.717, 1.165) is 17.7 Å². The molecule has 1 aromatic carbocycles. The van der Waals surface area contributed by atoms with E-state index in [4.69, 9.17) is 4.74 Å². The van der Waals surface area contributed by atoms with Crippen molar-refractivity contribution in [2.24, 2.45) is 0 Å². The van der Waals surface area contributed by atoms with Crippen LogP contribution >= 0.6 is 0 Å². The second kappa shape index (κ2) is 9.23. The van der Waals surface area contributed by atoms with Gasteiger partial charge >= 0.3 is 6.09 Å². The minimum absolute atomic E-state index is 0.107. The smallest absolute Gasteiger partial charge is 0.407 e. The lowest BCUT2D eigenvalue weighted by atomic mass is 10.0. The average molecular weight is 485 g/mol. The van der Waals surface area contributed by atoms with Crippen LogP contribution in [0.5, 0.6) is 0 Å². The quantitative estimate of drug-likeness (QED) is 0.589. The zero-order valence-electron chi connectivity index (χ0n) is 19.1. The number of imidazole rings is 1. The Labute approximate surface area is 199 Å². The number of hydrogen-bond acceptors (Lipinski definition) is 5. The Morgan fingerprint density at radius 3 is 2.74 bits per heavy atom. The number of morpholine rings is 1. The van der Waals surface area contributed by atoms with Crippen LogP contribution in [0, 0.1) is 18.6 Å². The number of hydrogen-bond donors (Lipinski definition) is 2. The molecule has 1 atom stereocenters. The number of aromatic nitrogens is 2. The van der Waals surface area contributed by atoms with E-state index in [0.29, 0.717) is 24.4 Å². The Bertz CT molecular complexity index is 1290. The standard InChI is InChI=1S/C24H25F2N5O4/c1-14-2-4-31-19(11-16-13-29(24(33)34)6-7-35-16)23(28-20(31)8-14)22-17(25)9-15(10-18(22)26)30-5-3-27-12-21(30)32/h2,4,8-10,16,27H,3,5-7,11-13H2,1H3,(H,33,34). The number of fused-ring (bicyclic) bond motifs is 1. The van der Waals surface area contributed by atoms with Gasteiger partial charge in [-0.05, 0) is 36.8 Å². The average Bonchev–Trinajstić information content (AvgIpc) is 3.15. The number of carbonyl (C=O) groups is 2. The molecule has 0 bridgehead atoms. The van der Waals surface area contributed by atoms with Crippen molar-refractivity contribution in [3.8, 4) is 11.3 Å². The molecular formula is C24H25F2N5O4. The lowest BCUT2D eigenvalue weighted by Crippen LogP contribution is -2.48. The second-order valence-electron chi connectivity index (χ2n) is 8.77. The third-order valence-electron chi connectivity index (χ3n) is 6.38. The van der Waals surface area contributed by atoms with E-state index in [1.165, 1.54) is 9.80 Å². The van der Waals surface area contributed by atoms with Gasteiger partial charge in [0.2, 0.25) is 5.91 Å². The molecule has 2 amide bonds. The van der Waals surface area contributed by atoms with Crippen LogP contribution in [0.25, 0.3) is 16.9 Å². The molecule has 0 aliphatic carbocycles. The fourth-order valence-electron chi connectivity index (χ4n) is 4.65. The number of pyridine rings is 1. The molecule has 2 saturated heterocycles. The minimum Gasteiger partial charge on any atom is -0.465 e. The third kappa shape index (κ3) is 4.44. The second-order valence-corrected chi connectivity index (χ2v) is 8.77. The van der Waals surface area contributed by atoms with Crippen molar-refractivity contribution >= 4 is 23.3 Å². The summed E-state index contributed by atoms with van der Waals surface area (Å²) in [5, 5.41) is 12.3. The number of nitrogens with one attached hydrogen (secondary N) is 1. The van der Waals surface area contributed by atoms with Gasteiger partial charge in [0, 0.05) is 37.9 Å².